The Morgan fingerprint density at radius 2 is 1.92 bits per heavy atom. The Balaban J connectivity index is 1.94. The molecule has 0 saturated carbocycles. The van der Waals surface area contributed by atoms with Crippen LogP contribution >= 0.6 is 0 Å². The fourth-order valence-electron chi connectivity index (χ4n) is 2.38. The van der Waals surface area contributed by atoms with Crippen LogP contribution in [-0.2, 0) is 11.2 Å². The van der Waals surface area contributed by atoms with Crippen LogP contribution in [0.15, 0.2) is 42.5 Å². The molecule has 1 atom stereocenters. The van der Waals surface area contributed by atoms with Crippen molar-refractivity contribution >= 4 is 5.91 Å². The molecule has 0 aliphatic rings. The molecule has 0 aliphatic carbocycles. The van der Waals surface area contributed by atoms with Crippen molar-refractivity contribution in [2.75, 3.05) is 13.7 Å². The van der Waals surface area contributed by atoms with E-state index in [0.29, 0.717) is 12.2 Å². The number of rotatable bonds is 7. The first-order valence-electron chi connectivity index (χ1n) is 7.88. The molecule has 1 amide bonds. The summed E-state index contributed by atoms with van der Waals surface area (Å²) in [5.74, 6) is 0.404. The zero-order valence-corrected chi connectivity index (χ0v) is 14.1. The van der Waals surface area contributed by atoms with Crippen LogP contribution in [0.25, 0.3) is 0 Å². The second kappa shape index (κ2) is 8.34. The van der Waals surface area contributed by atoms with Crippen molar-refractivity contribution < 1.29 is 18.7 Å². The summed E-state index contributed by atoms with van der Waals surface area (Å²) in [6.07, 6.45) is 0.259. The number of methoxy groups -OCH3 is 1. The van der Waals surface area contributed by atoms with Crippen molar-refractivity contribution in [3.05, 3.63) is 59.4 Å². The molecule has 0 radical (unpaired) electrons. The number of halogens is 1. The van der Waals surface area contributed by atoms with Gasteiger partial charge in [-0.1, -0.05) is 18.2 Å². The maximum atomic E-state index is 13.7. The van der Waals surface area contributed by atoms with Crippen LogP contribution in [0.5, 0.6) is 11.5 Å². The van der Waals surface area contributed by atoms with E-state index in [1.54, 1.807) is 12.1 Å². The number of carbonyl (C=O) groups excluding carboxylic acids is 1. The fourth-order valence-corrected chi connectivity index (χ4v) is 2.38. The van der Waals surface area contributed by atoms with E-state index in [-0.39, 0.29) is 24.1 Å². The molecule has 4 nitrogen and oxygen atoms in total. The van der Waals surface area contributed by atoms with Gasteiger partial charge in [0.1, 0.15) is 5.75 Å². The van der Waals surface area contributed by atoms with Gasteiger partial charge in [-0.2, -0.15) is 0 Å². The summed E-state index contributed by atoms with van der Waals surface area (Å²) < 4.78 is 24.0. The summed E-state index contributed by atoms with van der Waals surface area (Å²) >= 11 is 0. The molecule has 5 heteroatoms. The molecule has 128 valence electrons. The summed E-state index contributed by atoms with van der Waals surface area (Å²) in [4.78, 5) is 12.2. The molecule has 0 bridgehead atoms. The molecule has 2 aromatic carbocycles. The number of amides is 1. The summed E-state index contributed by atoms with van der Waals surface area (Å²) in [7, 11) is 1.42. The normalized spacial score (nSPS) is 11.7. The van der Waals surface area contributed by atoms with Gasteiger partial charge in [0.2, 0.25) is 5.91 Å². The van der Waals surface area contributed by atoms with Crippen molar-refractivity contribution in [1.82, 2.24) is 5.32 Å². The number of carbonyl (C=O) groups is 1. The Labute approximate surface area is 141 Å². The van der Waals surface area contributed by atoms with Gasteiger partial charge in [0, 0.05) is 0 Å². The molecule has 0 spiro atoms. The number of hydrogen-bond acceptors (Lipinski definition) is 3. The molecule has 24 heavy (non-hydrogen) atoms. The van der Waals surface area contributed by atoms with Crippen LogP contribution in [0, 0.1) is 5.82 Å². The lowest BCUT2D eigenvalue weighted by molar-refractivity contribution is -0.121. The topological polar surface area (TPSA) is 47.6 Å². The number of hydrogen-bond donors (Lipinski definition) is 1. The molecule has 0 aromatic heterocycles. The minimum absolute atomic E-state index is 0.122. The van der Waals surface area contributed by atoms with Crippen LogP contribution in [0.3, 0.4) is 0 Å². The van der Waals surface area contributed by atoms with Crippen molar-refractivity contribution in [3.8, 4) is 11.5 Å². The van der Waals surface area contributed by atoms with Gasteiger partial charge in [-0.3, -0.25) is 4.79 Å². The highest BCUT2D eigenvalue weighted by molar-refractivity contribution is 5.79. The second-order valence-electron chi connectivity index (χ2n) is 5.44. The largest absolute Gasteiger partial charge is 0.494 e. The van der Waals surface area contributed by atoms with Crippen LogP contribution in [0.2, 0.25) is 0 Å². The third kappa shape index (κ3) is 4.72. The summed E-state index contributed by atoms with van der Waals surface area (Å²) in [6.45, 7) is 4.35. The summed E-state index contributed by atoms with van der Waals surface area (Å²) in [5.41, 5.74) is 1.58. The molecule has 0 unspecified atom stereocenters. The van der Waals surface area contributed by atoms with Crippen molar-refractivity contribution in [1.29, 1.82) is 0 Å². The van der Waals surface area contributed by atoms with Crippen LogP contribution in [-0.4, -0.2) is 19.6 Å². The van der Waals surface area contributed by atoms with Gasteiger partial charge in [0.05, 0.1) is 26.2 Å². The highest BCUT2D eigenvalue weighted by Crippen LogP contribution is 2.22. The lowest BCUT2D eigenvalue weighted by atomic mass is 10.1. The zero-order valence-electron chi connectivity index (χ0n) is 14.1. The Morgan fingerprint density at radius 1 is 1.21 bits per heavy atom. The summed E-state index contributed by atoms with van der Waals surface area (Å²) in [6, 6.07) is 11.8. The lowest BCUT2D eigenvalue weighted by Crippen LogP contribution is -2.28. The van der Waals surface area contributed by atoms with E-state index in [4.69, 9.17) is 9.47 Å². The summed E-state index contributed by atoms with van der Waals surface area (Å²) in [5, 5.41) is 2.87. The van der Waals surface area contributed by atoms with Crippen LogP contribution < -0.4 is 14.8 Å². The maximum Gasteiger partial charge on any atom is 0.224 e. The van der Waals surface area contributed by atoms with Gasteiger partial charge < -0.3 is 14.8 Å². The van der Waals surface area contributed by atoms with Gasteiger partial charge in [-0.05, 0) is 49.2 Å². The molecular weight excluding hydrogens is 309 g/mol. The molecule has 2 aromatic rings. The number of benzene rings is 2. The molecule has 0 saturated heterocycles. The molecular formula is C19H22FNO3. The Hall–Kier alpha value is -2.56. The predicted octanol–water partition coefficient (Wildman–Crippen LogP) is 3.65. The van der Waals surface area contributed by atoms with Gasteiger partial charge in [0.25, 0.3) is 0 Å². The van der Waals surface area contributed by atoms with Gasteiger partial charge in [-0.15, -0.1) is 0 Å². The maximum absolute atomic E-state index is 13.7. The van der Waals surface area contributed by atoms with Crippen molar-refractivity contribution in [2.24, 2.45) is 0 Å². The lowest BCUT2D eigenvalue weighted by Gasteiger charge is -2.15. The van der Waals surface area contributed by atoms with E-state index < -0.39 is 5.82 Å². The highest BCUT2D eigenvalue weighted by atomic mass is 19.1. The van der Waals surface area contributed by atoms with E-state index in [2.05, 4.69) is 5.32 Å². The zero-order chi connectivity index (χ0) is 17.5. The fraction of sp³-hybridized carbons (Fsp3) is 0.316. The quantitative estimate of drug-likeness (QED) is 0.842. The predicted molar refractivity (Wildman–Crippen MR) is 90.8 cm³/mol. The first-order valence-corrected chi connectivity index (χ1v) is 7.88. The minimum Gasteiger partial charge on any atom is -0.494 e. The van der Waals surface area contributed by atoms with E-state index in [1.165, 1.54) is 13.2 Å². The Kier molecular flexibility index (Phi) is 6.18. The molecule has 0 heterocycles. The van der Waals surface area contributed by atoms with Crippen molar-refractivity contribution in [3.63, 3.8) is 0 Å². The smallest absolute Gasteiger partial charge is 0.224 e. The third-order valence-electron chi connectivity index (χ3n) is 3.65. The molecule has 1 N–H and O–H groups in total. The first-order chi connectivity index (χ1) is 11.5. The molecule has 0 aliphatic heterocycles. The van der Waals surface area contributed by atoms with Gasteiger partial charge in [0.15, 0.2) is 11.6 Å². The third-order valence-corrected chi connectivity index (χ3v) is 3.65. The van der Waals surface area contributed by atoms with E-state index in [1.807, 2.05) is 38.1 Å². The number of ether oxygens (including phenoxy) is 2. The second-order valence-corrected chi connectivity index (χ2v) is 5.44. The minimum atomic E-state index is -0.442. The SMILES string of the molecule is CCOc1ccc(CC(=O)N[C@H](C)c2ccc(OC)c(F)c2)cc1. The Bertz CT molecular complexity index is 686. The van der Waals surface area contributed by atoms with Gasteiger partial charge in [-0.25, -0.2) is 4.39 Å². The van der Waals surface area contributed by atoms with E-state index in [0.717, 1.165) is 11.3 Å². The van der Waals surface area contributed by atoms with E-state index >= 15 is 0 Å². The molecule has 0 fully saturated rings. The molecule has 2 rings (SSSR count). The first kappa shape index (κ1) is 17.8. The monoisotopic (exact) mass is 331 g/mol. The number of nitrogens with one attached hydrogen (secondary N) is 1. The van der Waals surface area contributed by atoms with Crippen LogP contribution in [0.4, 0.5) is 4.39 Å². The standard InChI is InChI=1S/C19H22FNO3/c1-4-24-16-8-5-14(6-9-16)11-19(22)21-13(2)15-7-10-18(23-3)17(20)12-15/h5-10,12-13H,4,11H2,1-3H3,(H,21,22)/t13-/m1/s1. The van der Waals surface area contributed by atoms with Crippen molar-refractivity contribution in [2.45, 2.75) is 26.3 Å². The highest BCUT2D eigenvalue weighted by Gasteiger charge is 2.12. The van der Waals surface area contributed by atoms with Gasteiger partial charge >= 0.3 is 0 Å². The van der Waals surface area contributed by atoms with E-state index in [9.17, 15) is 9.18 Å². The van der Waals surface area contributed by atoms with Crippen LogP contribution in [0.1, 0.15) is 31.0 Å². The Morgan fingerprint density at radius 3 is 2.50 bits per heavy atom. The average molecular weight is 331 g/mol. The average Bonchev–Trinajstić information content (AvgIpc) is 2.56.